The van der Waals surface area contributed by atoms with E-state index in [1.54, 1.807) is 6.07 Å². The van der Waals surface area contributed by atoms with E-state index in [0.717, 1.165) is 17.5 Å². The Morgan fingerprint density at radius 3 is 2.69 bits per heavy atom. The van der Waals surface area contributed by atoms with Crippen LogP contribution in [0.3, 0.4) is 0 Å². The van der Waals surface area contributed by atoms with Crippen molar-refractivity contribution >= 4 is 11.6 Å². The molecule has 0 saturated heterocycles. The van der Waals surface area contributed by atoms with Gasteiger partial charge in [0, 0.05) is 10.9 Å². The molecule has 0 aliphatic carbocycles. The number of hydrogen-bond acceptors (Lipinski definition) is 0. The number of alkyl halides is 1. The minimum Gasteiger partial charge on any atom is -0.250 e. The Balaban J connectivity index is 2.95. The average Bonchev–Trinajstić information content (AvgIpc) is 2.16. The summed E-state index contributed by atoms with van der Waals surface area (Å²) in [7, 11) is 0. The third kappa shape index (κ3) is 2.44. The maximum absolute atomic E-state index is 12.3. The first-order valence-electron chi connectivity index (χ1n) is 4.36. The summed E-state index contributed by atoms with van der Waals surface area (Å²) in [6.45, 7) is 5.29. The SMILES string of the molecule is [CH2]C(CF)c1ccc(CC)c(Cl)c1. The molecule has 1 unspecified atom stereocenters. The second-order valence-electron chi connectivity index (χ2n) is 3.06. The fourth-order valence-corrected chi connectivity index (χ4v) is 1.52. The molecule has 0 N–H and O–H groups in total. The van der Waals surface area contributed by atoms with Crippen molar-refractivity contribution in [3.8, 4) is 0 Å². The smallest absolute Gasteiger partial charge is 0.0962 e. The molecule has 1 rings (SSSR count). The Bertz CT molecular complexity index is 283. The van der Waals surface area contributed by atoms with E-state index in [4.69, 9.17) is 11.6 Å². The molecule has 2 heteroatoms. The van der Waals surface area contributed by atoms with Crippen molar-refractivity contribution in [2.45, 2.75) is 19.3 Å². The molecule has 0 nitrogen and oxygen atoms in total. The highest BCUT2D eigenvalue weighted by molar-refractivity contribution is 6.31. The maximum Gasteiger partial charge on any atom is 0.0962 e. The summed E-state index contributed by atoms with van der Waals surface area (Å²) in [4.78, 5) is 0. The van der Waals surface area contributed by atoms with Gasteiger partial charge in [-0.05, 0) is 30.5 Å². The van der Waals surface area contributed by atoms with E-state index in [-0.39, 0.29) is 5.92 Å². The fourth-order valence-electron chi connectivity index (χ4n) is 1.19. The molecule has 0 spiro atoms. The molecule has 0 aromatic heterocycles. The van der Waals surface area contributed by atoms with Crippen LogP contribution < -0.4 is 0 Å². The van der Waals surface area contributed by atoms with Gasteiger partial charge in [0.2, 0.25) is 0 Å². The second-order valence-corrected chi connectivity index (χ2v) is 3.46. The van der Waals surface area contributed by atoms with E-state index >= 15 is 0 Å². The van der Waals surface area contributed by atoms with Gasteiger partial charge in [0.15, 0.2) is 0 Å². The van der Waals surface area contributed by atoms with Crippen molar-refractivity contribution in [1.82, 2.24) is 0 Å². The van der Waals surface area contributed by atoms with E-state index in [9.17, 15) is 4.39 Å². The topological polar surface area (TPSA) is 0 Å². The summed E-state index contributed by atoms with van der Waals surface area (Å²) in [5.74, 6) is -0.302. The molecule has 1 atom stereocenters. The standard InChI is InChI=1S/C11H13ClF/c1-3-9-4-5-10(6-11(9)12)8(2)7-13/h4-6,8H,2-3,7H2,1H3. The molecule has 13 heavy (non-hydrogen) atoms. The minimum atomic E-state index is -0.443. The molecule has 71 valence electrons. The number of rotatable bonds is 3. The molecule has 0 aliphatic rings. The molecular weight excluding hydrogens is 187 g/mol. The lowest BCUT2D eigenvalue weighted by Gasteiger charge is -2.09. The predicted molar refractivity (Wildman–Crippen MR) is 54.9 cm³/mol. The predicted octanol–water partition coefficient (Wildman–Crippen LogP) is 3.79. The second kappa shape index (κ2) is 4.61. The molecule has 0 aliphatic heterocycles. The van der Waals surface area contributed by atoms with Crippen LogP contribution in [0.2, 0.25) is 5.02 Å². The number of halogens is 2. The van der Waals surface area contributed by atoms with Crippen LogP contribution in [0.1, 0.15) is 24.0 Å². The molecule has 0 bridgehead atoms. The lowest BCUT2D eigenvalue weighted by molar-refractivity contribution is 0.465. The Kier molecular flexibility index (Phi) is 3.73. The number of benzene rings is 1. The summed E-state index contributed by atoms with van der Waals surface area (Å²) in [5.41, 5.74) is 1.96. The van der Waals surface area contributed by atoms with Gasteiger partial charge in [-0.1, -0.05) is 30.7 Å². The van der Waals surface area contributed by atoms with Gasteiger partial charge in [-0.2, -0.15) is 0 Å². The van der Waals surface area contributed by atoms with Gasteiger partial charge in [-0.15, -0.1) is 0 Å². The van der Waals surface area contributed by atoms with Crippen LogP contribution in [-0.2, 0) is 6.42 Å². The van der Waals surface area contributed by atoms with E-state index in [1.807, 2.05) is 19.1 Å². The lowest BCUT2D eigenvalue weighted by Crippen LogP contribution is -1.96. The summed E-state index contributed by atoms with van der Waals surface area (Å²) in [6.07, 6.45) is 0.899. The highest BCUT2D eigenvalue weighted by Gasteiger charge is 2.06. The molecule has 1 aromatic rings. The van der Waals surface area contributed by atoms with E-state index in [0.29, 0.717) is 5.02 Å². The van der Waals surface area contributed by atoms with Crippen LogP contribution in [-0.4, -0.2) is 6.67 Å². The lowest BCUT2D eigenvalue weighted by atomic mass is 10.0. The molecule has 0 fully saturated rings. The molecule has 0 saturated carbocycles. The summed E-state index contributed by atoms with van der Waals surface area (Å²) in [5, 5.41) is 0.710. The van der Waals surface area contributed by atoms with Gasteiger partial charge in [0.1, 0.15) is 0 Å². The van der Waals surface area contributed by atoms with Gasteiger partial charge < -0.3 is 0 Å². The zero-order valence-electron chi connectivity index (χ0n) is 7.69. The Morgan fingerprint density at radius 1 is 1.54 bits per heavy atom. The van der Waals surface area contributed by atoms with Gasteiger partial charge in [-0.25, -0.2) is 0 Å². The Labute approximate surface area is 83.7 Å². The largest absolute Gasteiger partial charge is 0.250 e. The molecule has 1 aromatic carbocycles. The maximum atomic E-state index is 12.3. The quantitative estimate of drug-likeness (QED) is 0.695. The van der Waals surface area contributed by atoms with Gasteiger partial charge in [-0.3, -0.25) is 4.39 Å². The van der Waals surface area contributed by atoms with Crippen molar-refractivity contribution in [3.63, 3.8) is 0 Å². The summed E-state index contributed by atoms with van der Waals surface area (Å²) in [6, 6.07) is 5.63. The van der Waals surface area contributed by atoms with Crippen LogP contribution in [0.25, 0.3) is 0 Å². The molecule has 0 heterocycles. The highest BCUT2D eigenvalue weighted by Crippen LogP contribution is 2.23. The van der Waals surface area contributed by atoms with Gasteiger partial charge >= 0.3 is 0 Å². The van der Waals surface area contributed by atoms with Gasteiger partial charge in [0.25, 0.3) is 0 Å². The van der Waals surface area contributed by atoms with Crippen LogP contribution in [0, 0.1) is 6.92 Å². The van der Waals surface area contributed by atoms with Crippen molar-refractivity contribution in [2.24, 2.45) is 0 Å². The number of hydrogen-bond donors (Lipinski definition) is 0. The van der Waals surface area contributed by atoms with Crippen LogP contribution >= 0.6 is 11.6 Å². The molecular formula is C11H13ClF. The van der Waals surface area contributed by atoms with Crippen molar-refractivity contribution in [1.29, 1.82) is 0 Å². The van der Waals surface area contributed by atoms with E-state index < -0.39 is 6.67 Å². The fraction of sp³-hybridized carbons (Fsp3) is 0.364. The van der Waals surface area contributed by atoms with Crippen molar-refractivity contribution in [2.75, 3.05) is 6.67 Å². The van der Waals surface area contributed by atoms with E-state index in [2.05, 4.69) is 6.92 Å². The normalized spacial score (nSPS) is 12.9. The van der Waals surface area contributed by atoms with Crippen LogP contribution in [0.4, 0.5) is 4.39 Å². The monoisotopic (exact) mass is 199 g/mol. The van der Waals surface area contributed by atoms with Crippen molar-refractivity contribution < 1.29 is 4.39 Å². The van der Waals surface area contributed by atoms with Crippen molar-refractivity contribution in [3.05, 3.63) is 41.3 Å². The molecule has 0 amide bonds. The van der Waals surface area contributed by atoms with E-state index in [1.165, 1.54) is 0 Å². The third-order valence-corrected chi connectivity index (χ3v) is 2.47. The zero-order chi connectivity index (χ0) is 9.84. The Hall–Kier alpha value is -0.560. The first-order valence-corrected chi connectivity index (χ1v) is 4.74. The highest BCUT2D eigenvalue weighted by atomic mass is 35.5. The summed E-state index contributed by atoms with van der Waals surface area (Å²) < 4.78 is 12.3. The Morgan fingerprint density at radius 2 is 2.23 bits per heavy atom. The van der Waals surface area contributed by atoms with Crippen LogP contribution in [0.5, 0.6) is 0 Å². The average molecular weight is 200 g/mol. The zero-order valence-corrected chi connectivity index (χ0v) is 8.44. The third-order valence-electron chi connectivity index (χ3n) is 2.12. The molecule has 1 radical (unpaired) electrons. The minimum absolute atomic E-state index is 0.302. The summed E-state index contributed by atoms with van der Waals surface area (Å²) >= 11 is 5.98. The van der Waals surface area contributed by atoms with Crippen LogP contribution in [0.15, 0.2) is 18.2 Å². The number of aryl methyl sites for hydroxylation is 1. The first kappa shape index (κ1) is 10.5. The first-order chi connectivity index (χ1) is 6.19. The van der Waals surface area contributed by atoms with Gasteiger partial charge in [0.05, 0.1) is 6.67 Å².